The summed E-state index contributed by atoms with van der Waals surface area (Å²) < 4.78 is 34.1. The van der Waals surface area contributed by atoms with E-state index in [9.17, 15) is 8.42 Å². The lowest BCUT2D eigenvalue weighted by molar-refractivity contribution is 0.251. The van der Waals surface area contributed by atoms with Crippen LogP contribution in [0.15, 0.2) is 47.2 Å². The molecule has 0 saturated carbocycles. The quantitative estimate of drug-likeness (QED) is 0.709. The summed E-state index contributed by atoms with van der Waals surface area (Å²) in [5, 5.41) is -0.534. The molecule has 0 spiro atoms. The average Bonchev–Trinajstić information content (AvgIpc) is 2.67. The number of benzene rings is 1. The van der Waals surface area contributed by atoms with Crippen LogP contribution in [0.2, 0.25) is 0 Å². The van der Waals surface area contributed by atoms with Gasteiger partial charge in [0.1, 0.15) is 11.0 Å². The highest BCUT2D eigenvalue weighted by Gasteiger charge is 2.35. The number of ether oxygens (including phenoxy) is 1. The zero-order chi connectivity index (χ0) is 20.3. The standard InChI is InChI=1S/C22H32N2O3S/c1-16-14-21(27-4)17(2)18(3)22(16)28(25,26)23-11-7-12-24-13-10-19-8-5-6-9-20(19)15-24/h5-6,8-9,14,16,22-23H,7,10-13,15H2,1-4H3. The molecule has 0 amide bonds. The van der Waals surface area contributed by atoms with Crippen molar-refractivity contribution in [3.63, 3.8) is 0 Å². The Morgan fingerprint density at radius 2 is 1.93 bits per heavy atom. The molecule has 2 aliphatic rings. The van der Waals surface area contributed by atoms with Crippen molar-refractivity contribution in [3.8, 4) is 0 Å². The second-order valence-corrected chi connectivity index (χ2v) is 9.80. The Kier molecular flexibility index (Phi) is 6.63. The molecule has 2 atom stereocenters. The summed E-state index contributed by atoms with van der Waals surface area (Å²) in [6.45, 7) is 9.11. The zero-order valence-corrected chi connectivity index (χ0v) is 18.2. The van der Waals surface area contributed by atoms with Gasteiger partial charge in [-0.3, -0.25) is 4.90 Å². The number of hydrogen-bond acceptors (Lipinski definition) is 4. The summed E-state index contributed by atoms with van der Waals surface area (Å²) in [6, 6.07) is 8.57. The van der Waals surface area contributed by atoms with Crippen molar-refractivity contribution in [3.05, 3.63) is 58.4 Å². The molecular weight excluding hydrogens is 372 g/mol. The number of methoxy groups -OCH3 is 1. The summed E-state index contributed by atoms with van der Waals surface area (Å²) in [5.41, 5.74) is 4.61. The van der Waals surface area contributed by atoms with Crippen molar-refractivity contribution in [2.45, 2.75) is 45.4 Å². The van der Waals surface area contributed by atoms with Gasteiger partial charge in [-0.1, -0.05) is 31.2 Å². The van der Waals surface area contributed by atoms with Crippen molar-refractivity contribution in [1.82, 2.24) is 9.62 Å². The second kappa shape index (κ2) is 8.80. The van der Waals surface area contributed by atoms with E-state index in [1.54, 1.807) is 7.11 Å². The first-order chi connectivity index (χ1) is 13.3. The van der Waals surface area contributed by atoms with Gasteiger partial charge in [0.15, 0.2) is 0 Å². The van der Waals surface area contributed by atoms with E-state index >= 15 is 0 Å². The number of sulfonamides is 1. The topological polar surface area (TPSA) is 58.6 Å². The SMILES string of the molecule is COC1=CC(C)C(S(=O)(=O)NCCCN2CCc3ccccc3C2)C(C)=C1C. The number of fused-ring (bicyclic) bond motifs is 1. The van der Waals surface area contributed by atoms with Crippen LogP contribution in [0.3, 0.4) is 0 Å². The zero-order valence-electron chi connectivity index (χ0n) is 17.4. The minimum absolute atomic E-state index is 0.116. The van der Waals surface area contributed by atoms with Crippen molar-refractivity contribution in [2.75, 3.05) is 26.7 Å². The fourth-order valence-corrected chi connectivity index (χ4v) is 6.24. The smallest absolute Gasteiger partial charge is 0.218 e. The lowest BCUT2D eigenvalue weighted by Gasteiger charge is -2.30. The van der Waals surface area contributed by atoms with Crippen LogP contribution in [0.5, 0.6) is 0 Å². The molecule has 1 aliphatic carbocycles. The molecular formula is C22H32N2O3S. The molecule has 5 nitrogen and oxygen atoms in total. The van der Waals surface area contributed by atoms with Crippen LogP contribution in [-0.2, 0) is 27.7 Å². The fraction of sp³-hybridized carbons (Fsp3) is 0.545. The maximum Gasteiger partial charge on any atom is 0.218 e. The number of allylic oxidation sites excluding steroid dienone is 2. The third-order valence-electron chi connectivity index (χ3n) is 6.00. The molecule has 3 rings (SSSR count). The molecule has 0 bridgehead atoms. The highest BCUT2D eigenvalue weighted by Crippen LogP contribution is 2.33. The summed E-state index contributed by atoms with van der Waals surface area (Å²) in [7, 11) is -1.80. The van der Waals surface area contributed by atoms with Crippen LogP contribution in [0.1, 0.15) is 38.3 Å². The molecule has 1 aromatic rings. The van der Waals surface area contributed by atoms with Crippen LogP contribution in [-0.4, -0.2) is 45.3 Å². The van der Waals surface area contributed by atoms with Crippen molar-refractivity contribution in [1.29, 1.82) is 0 Å². The Hall–Kier alpha value is -1.63. The molecule has 0 saturated heterocycles. The van der Waals surface area contributed by atoms with Gasteiger partial charge in [-0.2, -0.15) is 0 Å². The first kappa shape index (κ1) is 21.1. The first-order valence-electron chi connectivity index (χ1n) is 10.0. The molecule has 154 valence electrons. The van der Waals surface area contributed by atoms with Gasteiger partial charge < -0.3 is 4.74 Å². The van der Waals surface area contributed by atoms with Gasteiger partial charge in [0.25, 0.3) is 0 Å². The minimum Gasteiger partial charge on any atom is -0.497 e. The predicted octanol–water partition coefficient (Wildman–Crippen LogP) is 3.24. The second-order valence-electron chi connectivity index (χ2n) is 7.91. The van der Waals surface area contributed by atoms with Crippen LogP contribution in [0, 0.1) is 5.92 Å². The lowest BCUT2D eigenvalue weighted by atomic mass is 9.90. The van der Waals surface area contributed by atoms with Crippen LogP contribution < -0.4 is 4.72 Å². The van der Waals surface area contributed by atoms with E-state index in [0.717, 1.165) is 49.4 Å². The van der Waals surface area contributed by atoms with Gasteiger partial charge in [0.05, 0.1) is 7.11 Å². The summed E-state index contributed by atoms with van der Waals surface area (Å²) in [6.07, 6.45) is 3.79. The normalized spacial score (nSPS) is 23.4. The van der Waals surface area contributed by atoms with E-state index in [1.165, 1.54) is 11.1 Å². The Labute approximate surface area is 169 Å². The highest BCUT2D eigenvalue weighted by atomic mass is 32.2. The van der Waals surface area contributed by atoms with E-state index in [0.29, 0.717) is 6.54 Å². The minimum atomic E-state index is -3.42. The third-order valence-corrected chi connectivity index (χ3v) is 8.06. The van der Waals surface area contributed by atoms with Gasteiger partial charge >= 0.3 is 0 Å². The monoisotopic (exact) mass is 404 g/mol. The summed E-state index contributed by atoms with van der Waals surface area (Å²) in [4.78, 5) is 2.41. The fourth-order valence-electron chi connectivity index (χ4n) is 4.34. The maximum absolute atomic E-state index is 12.9. The number of hydrogen-bond donors (Lipinski definition) is 1. The van der Waals surface area contributed by atoms with Gasteiger partial charge in [-0.15, -0.1) is 0 Å². The molecule has 0 fully saturated rings. The van der Waals surface area contributed by atoms with Gasteiger partial charge in [0, 0.05) is 19.6 Å². The maximum atomic E-state index is 12.9. The Morgan fingerprint density at radius 3 is 2.64 bits per heavy atom. The van der Waals surface area contributed by atoms with Crippen molar-refractivity contribution < 1.29 is 13.2 Å². The lowest BCUT2D eigenvalue weighted by Crippen LogP contribution is -2.41. The van der Waals surface area contributed by atoms with E-state index in [4.69, 9.17) is 4.74 Å². The van der Waals surface area contributed by atoms with E-state index in [2.05, 4.69) is 33.9 Å². The number of nitrogens with zero attached hydrogens (tertiary/aromatic N) is 1. The molecule has 1 aliphatic heterocycles. The molecule has 1 N–H and O–H groups in total. The van der Waals surface area contributed by atoms with Crippen LogP contribution in [0.4, 0.5) is 0 Å². The molecule has 2 unspecified atom stereocenters. The Bertz CT molecular complexity index is 874. The van der Waals surface area contributed by atoms with Gasteiger partial charge in [-0.25, -0.2) is 13.1 Å². The number of rotatable bonds is 7. The largest absolute Gasteiger partial charge is 0.497 e. The van der Waals surface area contributed by atoms with Crippen LogP contribution in [0.25, 0.3) is 0 Å². The molecule has 1 heterocycles. The first-order valence-corrected chi connectivity index (χ1v) is 11.6. The third kappa shape index (κ3) is 4.50. The van der Waals surface area contributed by atoms with E-state index in [1.807, 2.05) is 26.8 Å². The molecule has 1 aromatic carbocycles. The molecule has 28 heavy (non-hydrogen) atoms. The van der Waals surface area contributed by atoms with E-state index in [-0.39, 0.29) is 5.92 Å². The highest BCUT2D eigenvalue weighted by molar-refractivity contribution is 7.90. The van der Waals surface area contributed by atoms with Gasteiger partial charge in [-0.05, 0) is 67.5 Å². The van der Waals surface area contributed by atoms with Gasteiger partial charge in [0.2, 0.25) is 10.0 Å². The molecule has 0 radical (unpaired) electrons. The molecule has 6 heteroatoms. The van der Waals surface area contributed by atoms with Crippen LogP contribution >= 0.6 is 0 Å². The van der Waals surface area contributed by atoms with E-state index < -0.39 is 15.3 Å². The summed E-state index contributed by atoms with van der Waals surface area (Å²) >= 11 is 0. The average molecular weight is 405 g/mol. The van der Waals surface area contributed by atoms with Crippen molar-refractivity contribution >= 4 is 10.0 Å². The Balaban J connectivity index is 1.53. The number of nitrogens with one attached hydrogen (secondary N) is 1. The van der Waals surface area contributed by atoms with Crippen molar-refractivity contribution in [2.24, 2.45) is 5.92 Å². The Morgan fingerprint density at radius 1 is 1.21 bits per heavy atom. The summed E-state index contributed by atoms with van der Waals surface area (Å²) in [5.74, 6) is 0.663. The molecule has 0 aromatic heterocycles. The predicted molar refractivity (Wildman–Crippen MR) is 113 cm³/mol.